The lowest BCUT2D eigenvalue weighted by atomic mass is 10.1. The molecule has 0 aliphatic carbocycles. The van der Waals surface area contributed by atoms with Gasteiger partial charge in [-0.25, -0.2) is 8.42 Å². The molecule has 1 unspecified atom stereocenters. The molecule has 0 radical (unpaired) electrons. The van der Waals surface area contributed by atoms with Crippen LogP contribution in [0.3, 0.4) is 0 Å². The SMILES string of the molecule is COc1ccc(S(=O)(=O)N(CC(=O)N(Cc2ccccc2Cl)C(C)C(=O)NC(C)C)c2cc(Cl)ccc2OC)cc1OC. The van der Waals surface area contributed by atoms with Gasteiger partial charge in [0.1, 0.15) is 18.3 Å². The molecule has 0 aromatic heterocycles. The summed E-state index contributed by atoms with van der Waals surface area (Å²) in [5, 5.41) is 3.42. The Labute approximate surface area is 262 Å². The summed E-state index contributed by atoms with van der Waals surface area (Å²) < 4.78 is 45.5. The van der Waals surface area contributed by atoms with Crippen LogP contribution in [0.2, 0.25) is 10.0 Å². The van der Waals surface area contributed by atoms with Crippen LogP contribution in [-0.4, -0.2) is 65.1 Å². The standard InChI is InChI=1S/C30H35Cl2N3O7S/c1-19(2)33-30(37)20(3)34(17-21-9-7-8-10-24(21)32)29(36)18-35(25-15-22(31)11-13-26(25)40-4)43(38,39)23-12-14-27(41-5)28(16-23)42-6/h7-16,19-20H,17-18H2,1-6H3,(H,33,37). The van der Waals surface area contributed by atoms with E-state index in [9.17, 15) is 18.0 Å². The third-order valence-corrected chi connectivity index (χ3v) is 8.89. The zero-order valence-electron chi connectivity index (χ0n) is 24.8. The minimum Gasteiger partial charge on any atom is -0.495 e. The molecule has 13 heteroatoms. The van der Waals surface area contributed by atoms with Gasteiger partial charge in [-0.1, -0.05) is 41.4 Å². The van der Waals surface area contributed by atoms with E-state index in [0.717, 1.165) is 4.31 Å². The Hall–Kier alpha value is -3.67. The number of carbonyl (C=O) groups excluding carboxylic acids is 2. The average Bonchev–Trinajstić information content (AvgIpc) is 2.98. The fourth-order valence-electron chi connectivity index (χ4n) is 4.27. The third-order valence-electron chi connectivity index (χ3n) is 6.53. The summed E-state index contributed by atoms with van der Waals surface area (Å²) in [6.07, 6.45) is 0. The number of nitrogens with zero attached hydrogens (tertiary/aromatic N) is 2. The monoisotopic (exact) mass is 651 g/mol. The molecule has 0 bridgehead atoms. The van der Waals surface area contributed by atoms with Crippen molar-refractivity contribution in [2.45, 2.75) is 44.3 Å². The van der Waals surface area contributed by atoms with Crippen molar-refractivity contribution in [1.82, 2.24) is 10.2 Å². The van der Waals surface area contributed by atoms with Gasteiger partial charge in [0.05, 0.1) is 31.9 Å². The van der Waals surface area contributed by atoms with E-state index in [1.54, 1.807) is 45.0 Å². The maximum atomic E-state index is 14.3. The topological polar surface area (TPSA) is 114 Å². The Morgan fingerprint density at radius 3 is 2.09 bits per heavy atom. The number of rotatable bonds is 13. The van der Waals surface area contributed by atoms with E-state index >= 15 is 0 Å². The number of hydrogen-bond acceptors (Lipinski definition) is 7. The van der Waals surface area contributed by atoms with E-state index in [-0.39, 0.29) is 39.7 Å². The maximum Gasteiger partial charge on any atom is 0.265 e. The summed E-state index contributed by atoms with van der Waals surface area (Å²) in [5.74, 6) is -0.431. The van der Waals surface area contributed by atoms with Crippen LogP contribution < -0.4 is 23.8 Å². The summed E-state index contributed by atoms with van der Waals surface area (Å²) in [6.45, 7) is 4.42. The van der Waals surface area contributed by atoms with Crippen LogP contribution in [0.4, 0.5) is 5.69 Å². The number of nitrogens with one attached hydrogen (secondary N) is 1. The quantitative estimate of drug-likeness (QED) is 0.272. The third kappa shape index (κ3) is 8.04. The number of amides is 2. The molecule has 3 rings (SSSR count). The highest BCUT2D eigenvalue weighted by Crippen LogP contribution is 2.37. The minimum absolute atomic E-state index is 0.0233. The second kappa shape index (κ2) is 14.7. The number of sulfonamides is 1. The van der Waals surface area contributed by atoms with Gasteiger partial charge < -0.3 is 24.4 Å². The zero-order chi connectivity index (χ0) is 31.9. The van der Waals surface area contributed by atoms with Gasteiger partial charge in [0, 0.05) is 28.7 Å². The first-order valence-corrected chi connectivity index (χ1v) is 15.4. The van der Waals surface area contributed by atoms with Gasteiger partial charge >= 0.3 is 0 Å². The fourth-order valence-corrected chi connectivity index (χ4v) is 6.07. The Balaban J connectivity index is 2.16. The summed E-state index contributed by atoms with van der Waals surface area (Å²) in [5.41, 5.74) is 0.603. The van der Waals surface area contributed by atoms with Crippen molar-refractivity contribution in [2.75, 3.05) is 32.2 Å². The zero-order valence-corrected chi connectivity index (χ0v) is 27.1. The molecule has 3 aromatic rings. The molecule has 1 atom stereocenters. The molecule has 0 aliphatic heterocycles. The van der Waals surface area contributed by atoms with Crippen molar-refractivity contribution in [2.24, 2.45) is 0 Å². The molecule has 0 spiro atoms. The van der Waals surface area contributed by atoms with Crippen molar-refractivity contribution in [3.63, 3.8) is 0 Å². The van der Waals surface area contributed by atoms with Crippen LogP contribution in [-0.2, 0) is 26.2 Å². The Morgan fingerprint density at radius 1 is 0.860 bits per heavy atom. The molecule has 1 N–H and O–H groups in total. The van der Waals surface area contributed by atoms with E-state index in [4.69, 9.17) is 37.4 Å². The van der Waals surface area contributed by atoms with Crippen molar-refractivity contribution >= 4 is 50.7 Å². The van der Waals surface area contributed by atoms with Gasteiger partial charge in [-0.2, -0.15) is 0 Å². The predicted octanol–water partition coefficient (Wildman–Crippen LogP) is 5.16. The number of halogens is 2. The van der Waals surface area contributed by atoms with E-state index in [0.29, 0.717) is 16.3 Å². The van der Waals surface area contributed by atoms with Gasteiger partial charge in [0.25, 0.3) is 10.0 Å². The van der Waals surface area contributed by atoms with Crippen molar-refractivity contribution < 1.29 is 32.2 Å². The highest BCUT2D eigenvalue weighted by atomic mass is 35.5. The highest BCUT2D eigenvalue weighted by Gasteiger charge is 2.34. The molecule has 43 heavy (non-hydrogen) atoms. The first-order valence-electron chi connectivity index (χ1n) is 13.3. The van der Waals surface area contributed by atoms with Crippen LogP contribution in [0, 0.1) is 0 Å². The molecular formula is C30H35Cl2N3O7S. The van der Waals surface area contributed by atoms with Crippen LogP contribution in [0.25, 0.3) is 0 Å². The van der Waals surface area contributed by atoms with Gasteiger partial charge in [-0.05, 0) is 62.7 Å². The summed E-state index contributed by atoms with van der Waals surface area (Å²) in [4.78, 5) is 28.3. The van der Waals surface area contributed by atoms with Crippen molar-refractivity contribution in [3.05, 3.63) is 76.3 Å². The van der Waals surface area contributed by atoms with Gasteiger partial charge in [-0.15, -0.1) is 0 Å². The molecule has 0 aliphatic rings. The van der Waals surface area contributed by atoms with E-state index < -0.39 is 34.4 Å². The maximum absolute atomic E-state index is 14.3. The smallest absolute Gasteiger partial charge is 0.265 e. The summed E-state index contributed by atoms with van der Waals surface area (Å²) in [6, 6.07) is 14.2. The van der Waals surface area contributed by atoms with E-state index in [2.05, 4.69) is 5.32 Å². The molecule has 0 heterocycles. The Morgan fingerprint density at radius 2 is 1.49 bits per heavy atom. The lowest BCUT2D eigenvalue weighted by Gasteiger charge is -2.33. The minimum atomic E-state index is -4.45. The summed E-state index contributed by atoms with van der Waals surface area (Å²) in [7, 11) is -0.268. The average molecular weight is 653 g/mol. The lowest BCUT2D eigenvalue weighted by molar-refractivity contribution is -0.139. The predicted molar refractivity (Wildman–Crippen MR) is 167 cm³/mol. The second-order valence-electron chi connectivity index (χ2n) is 9.80. The van der Waals surface area contributed by atoms with Crippen molar-refractivity contribution in [1.29, 1.82) is 0 Å². The Bertz CT molecular complexity index is 1570. The van der Waals surface area contributed by atoms with Crippen LogP contribution in [0.1, 0.15) is 26.3 Å². The van der Waals surface area contributed by atoms with Gasteiger partial charge in [0.2, 0.25) is 11.8 Å². The molecule has 0 saturated heterocycles. The number of carbonyl (C=O) groups is 2. The van der Waals surface area contributed by atoms with E-state index in [1.165, 1.54) is 62.6 Å². The van der Waals surface area contributed by atoms with Gasteiger partial charge in [0.15, 0.2) is 11.5 Å². The normalized spacial score (nSPS) is 11.9. The second-order valence-corrected chi connectivity index (χ2v) is 12.5. The molecular weight excluding hydrogens is 617 g/mol. The molecule has 3 aromatic carbocycles. The Kier molecular flexibility index (Phi) is 11.5. The molecule has 0 fully saturated rings. The fraction of sp³-hybridized carbons (Fsp3) is 0.333. The summed E-state index contributed by atoms with van der Waals surface area (Å²) >= 11 is 12.7. The van der Waals surface area contributed by atoms with Crippen LogP contribution in [0.15, 0.2) is 65.6 Å². The first-order chi connectivity index (χ1) is 20.3. The highest BCUT2D eigenvalue weighted by molar-refractivity contribution is 7.92. The van der Waals surface area contributed by atoms with Gasteiger partial charge in [-0.3, -0.25) is 13.9 Å². The largest absolute Gasteiger partial charge is 0.495 e. The van der Waals surface area contributed by atoms with Crippen LogP contribution >= 0.6 is 23.2 Å². The number of hydrogen-bond donors (Lipinski definition) is 1. The first kappa shape index (κ1) is 33.8. The number of anilines is 1. The number of ether oxygens (including phenoxy) is 3. The van der Waals surface area contributed by atoms with Crippen molar-refractivity contribution in [3.8, 4) is 17.2 Å². The van der Waals surface area contributed by atoms with E-state index in [1.807, 2.05) is 0 Å². The lowest BCUT2D eigenvalue weighted by Crippen LogP contribution is -2.52. The number of benzene rings is 3. The molecule has 0 saturated carbocycles. The molecule has 10 nitrogen and oxygen atoms in total. The number of methoxy groups -OCH3 is 3. The van der Waals surface area contributed by atoms with Crippen LogP contribution in [0.5, 0.6) is 17.2 Å². The molecule has 232 valence electrons. The molecule has 2 amide bonds.